The lowest BCUT2D eigenvalue weighted by atomic mass is 10.2. The number of nitrogens with one attached hydrogen (secondary N) is 1. The van der Waals surface area contributed by atoms with Gasteiger partial charge >= 0.3 is 0 Å². The number of nitrogens with zero attached hydrogens (tertiary/aromatic N) is 2. The van der Waals surface area contributed by atoms with Crippen LogP contribution >= 0.6 is 22.9 Å². The predicted octanol–water partition coefficient (Wildman–Crippen LogP) is 3.01. The number of nitriles is 1. The monoisotopic (exact) mass is 355 g/mol. The number of likely N-dealkylation sites (N-methyl/N-ethyl adjacent to an activating group) is 1. The lowest BCUT2D eigenvalue weighted by Gasteiger charge is -2.16. The first-order chi connectivity index (χ1) is 10.4. The smallest absolute Gasteiger partial charge is 0.252 e. The highest BCUT2D eigenvalue weighted by Gasteiger charge is 2.20. The summed E-state index contributed by atoms with van der Waals surface area (Å²) in [4.78, 5) is 0. The minimum absolute atomic E-state index is 0.317. The Morgan fingerprint density at radius 3 is 2.77 bits per heavy atom. The molecule has 0 atom stereocenters. The number of thiophene rings is 1. The number of anilines is 1. The highest BCUT2D eigenvalue weighted by atomic mass is 35.5. The fourth-order valence-electron chi connectivity index (χ4n) is 1.76. The fourth-order valence-corrected chi connectivity index (χ4v) is 4.35. The largest absolute Gasteiger partial charge is 0.384 e. The van der Waals surface area contributed by atoms with Crippen LogP contribution < -0.4 is 5.32 Å². The minimum atomic E-state index is -3.43. The van der Waals surface area contributed by atoms with Crippen molar-refractivity contribution in [2.45, 2.75) is 4.21 Å². The second-order valence-electron chi connectivity index (χ2n) is 4.49. The van der Waals surface area contributed by atoms with Gasteiger partial charge < -0.3 is 5.32 Å². The van der Waals surface area contributed by atoms with Gasteiger partial charge in [-0.05, 0) is 29.6 Å². The van der Waals surface area contributed by atoms with Crippen LogP contribution in [0.25, 0.3) is 0 Å². The van der Waals surface area contributed by atoms with Gasteiger partial charge in [-0.2, -0.15) is 9.57 Å². The molecular weight excluding hydrogens is 342 g/mol. The van der Waals surface area contributed by atoms with Gasteiger partial charge in [0.25, 0.3) is 10.0 Å². The normalized spacial score (nSPS) is 11.4. The molecule has 1 heterocycles. The Kier molecular flexibility index (Phi) is 5.42. The molecule has 0 bridgehead atoms. The first-order valence-electron chi connectivity index (χ1n) is 6.38. The maximum Gasteiger partial charge on any atom is 0.252 e. The van der Waals surface area contributed by atoms with Gasteiger partial charge in [0.1, 0.15) is 10.3 Å². The summed E-state index contributed by atoms with van der Waals surface area (Å²) in [5, 5.41) is 14.0. The van der Waals surface area contributed by atoms with E-state index in [4.69, 9.17) is 16.9 Å². The molecule has 1 N–H and O–H groups in total. The van der Waals surface area contributed by atoms with Crippen molar-refractivity contribution in [1.82, 2.24) is 4.31 Å². The average Bonchev–Trinajstić information content (AvgIpc) is 3.02. The Labute approximate surface area is 138 Å². The van der Waals surface area contributed by atoms with Crippen molar-refractivity contribution in [1.29, 1.82) is 5.26 Å². The second-order valence-corrected chi connectivity index (χ2v) is 8.12. The van der Waals surface area contributed by atoms with Crippen molar-refractivity contribution in [2.24, 2.45) is 0 Å². The summed E-state index contributed by atoms with van der Waals surface area (Å²) in [6.45, 7) is 0.751. The van der Waals surface area contributed by atoms with Gasteiger partial charge in [-0.15, -0.1) is 11.3 Å². The molecule has 2 aromatic rings. The molecule has 22 heavy (non-hydrogen) atoms. The lowest BCUT2D eigenvalue weighted by Crippen LogP contribution is -2.31. The van der Waals surface area contributed by atoms with E-state index in [1.54, 1.807) is 42.8 Å². The number of hydrogen-bond donors (Lipinski definition) is 1. The Balaban J connectivity index is 1.94. The van der Waals surface area contributed by atoms with Crippen LogP contribution in [0.15, 0.2) is 39.9 Å². The molecule has 0 aliphatic rings. The molecule has 0 aliphatic heterocycles. The van der Waals surface area contributed by atoms with E-state index in [0.717, 1.165) is 5.69 Å². The zero-order valence-corrected chi connectivity index (χ0v) is 14.2. The number of benzene rings is 1. The average molecular weight is 356 g/mol. The summed E-state index contributed by atoms with van der Waals surface area (Å²) in [5.74, 6) is 0. The molecule has 0 fully saturated rings. The minimum Gasteiger partial charge on any atom is -0.384 e. The highest BCUT2D eigenvalue weighted by molar-refractivity contribution is 7.91. The molecular formula is C14H14ClN3O2S2. The maximum atomic E-state index is 12.2. The first kappa shape index (κ1) is 16.8. The van der Waals surface area contributed by atoms with Crippen LogP contribution in [0.5, 0.6) is 0 Å². The molecule has 1 aromatic heterocycles. The third-order valence-electron chi connectivity index (χ3n) is 3.00. The third-order valence-corrected chi connectivity index (χ3v) is 6.55. The lowest BCUT2D eigenvalue weighted by molar-refractivity contribution is 0.482. The van der Waals surface area contributed by atoms with Crippen LogP contribution in [0.4, 0.5) is 5.69 Å². The van der Waals surface area contributed by atoms with E-state index in [2.05, 4.69) is 5.32 Å². The zero-order valence-electron chi connectivity index (χ0n) is 11.8. The molecule has 116 valence electrons. The van der Waals surface area contributed by atoms with E-state index < -0.39 is 10.0 Å². The Bertz CT molecular complexity index is 783. The van der Waals surface area contributed by atoms with Crippen LogP contribution in [0, 0.1) is 11.3 Å². The van der Waals surface area contributed by atoms with Crippen molar-refractivity contribution < 1.29 is 8.42 Å². The molecule has 0 radical (unpaired) electrons. The number of hydrogen-bond acceptors (Lipinski definition) is 5. The summed E-state index contributed by atoms with van der Waals surface area (Å²) < 4.78 is 26.1. The van der Waals surface area contributed by atoms with Crippen LogP contribution in [0.2, 0.25) is 5.02 Å². The maximum absolute atomic E-state index is 12.2. The molecule has 0 amide bonds. The molecule has 1 aromatic carbocycles. The molecule has 8 heteroatoms. The Hall–Kier alpha value is -1.59. The van der Waals surface area contributed by atoms with Gasteiger partial charge in [0, 0.05) is 25.8 Å². The van der Waals surface area contributed by atoms with E-state index >= 15 is 0 Å². The van der Waals surface area contributed by atoms with Crippen molar-refractivity contribution in [2.75, 3.05) is 25.5 Å². The summed E-state index contributed by atoms with van der Waals surface area (Å²) in [7, 11) is -1.88. The van der Waals surface area contributed by atoms with E-state index in [1.165, 1.54) is 15.6 Å². The SMILES string of the molecule is CN(CCNc1ccc(C#N)c(Cl)c1)S(=O)(=O)c1cccs1. The standard InChI is InChI=1S/C14H14ClN3O2S2/c1-18(22(19,20)14-3-2-8-21-14)7-6-17-12-5-4-11(10-16)13(15)9-12/h2-5,8-9,17H,6-7H2,1H3. The molecule has 0 saturated heterocycles. The van der Waals surface area contributed by atoms with Crippen LogP contribution in [0.1, 0.15) is 5.56 Å². The van der Waals surface area contributed by atoms with Crippen LogP contribution in [-0.4, -0.2) is 32.9 Å². The first-order valence-corrected chi connectivity index (χ1v) is 9.08. The summed E-state index contributed by atoms with van der Waals surface area (Å²) in [6, 6.07) is 10.3. The van der Waals surface area contributed by atoms with Crippen molar-refractivity contribution in [3.05, 3.63) is 46.3 Å². The van der Waals surface area contributed by atoms with Crippen LogP contribution in [-0.2, 0) is 10.0 Å². The van der Waals surface area contributed by atoms with Crippen LogP contribution in [0.3, 0.4) is 0 Å². The quantitative estimate of drug-likeness (QED) is 0.864. The fraction of sp³-hybridized carbons (Fsp3) is 0.214. The van der Waals surface area contributed by atoms with Gasteiger partial charge in [-0.1, -0.05) is 17.7 Å². The van der Waals surface area contributed by atoms with Crippen molar-refractivity contribution >= 4 is 38.6 Å². The third kappa shape index (κ3) is 3.78. The topological polar surface area (TPSA) is 73.2 Å². The molecule has 0 spiro atoms. The van der Waals surface area contributed by atoms with E-state index in [1.807, 2.05) is 6.07 Å². The Morgan fingerprint density at radius 1 is 1.41 bits per heavy atom. The van der Waals surface area contributed by atoms with Crippen molar-refractivity contribution in [3.8, 4) is 6.07 Å². The summed E-state index contributed by atoms with van der Waals surface area (Å²) in [5.41, 5.74) is 1.15. The summed E-state index contributed by atoms with van der Waals surface area (Å²) in [6.07, 6.45) is 0. The predicted molar refractivity (Wildman–Crippen MR) is 88.8 cm³/mol. The summed E-state index contributed by atoms with van der Waals surface area (Å²) >= 11 is 7.14. The van der Waals surface area contributed by atoms with Crippen molar-refractivity contribution in [3.63, 3.8) is 0 Å². The molecule has 0 aliphatic carbocycles. The van der Waals surface area contributed by atoms with Gasteiger partial charge in [-0.25, -0.2) is 8.42 Å². The molecule has 5 nitrogen and oxygen atoms in total. The van der Waals surface area contributed by atoms with Gasteiger partial charge in [0.2, 0.25) is 0 Å². The van der Waals surface area contributed by atoms with Gasteiger partial charge in [0.15, 0.2) is 0 Å². The number of sulfonamides is 1. The second kappa shape index (κ2) is 7.11. The van der Waals surface area contributed by atoms with E-state index in [0.29, 0.717) is 27.9 Å². The van der Waals surface area contributed by atoms with E-state index in [-0.39, 0.29) is 0 Å². The van der Waals surface area contributed by atoms with Gasteiger partial charge in [0.05, 0.1) is 10.6 Å². The van der Waals surface area contributed by atoms with E-state index in [9.17, 15) is 8.42 Å². The van der Waals surface area contributed by atoms with Gasteiger partial charge in [-0.3, -0.25) is 0 Å². The molecule has 0 unspecified atom stereocenters. The molecule has 2 rings (SSSR count). The number of halogens is 1. The number of rotatable bonds is 6. The molecule has 0 saturated carbocycles. The zero-order chi connectivity index (χ0) is 16.2. The Morgan fingerprint density at radius 2 is 2.18 bits per heavy atom. The highest BCUT2D eigenvalue weighted by Crippen LogP contribution is 2.21.